The molecule has 0 aliphatic carbocycles. The highest BCUT2D eigenvalue weighted by molar-refractivity contribution is 6.01. The molecule has 0 radical (unpaired) electrons. The summed E-state index contributed by atoms with van der Waals surface area (Å²) in [7, 11) is 0. The number of rotatable bonds is 6. The average molecular weight is 312 g/mol. The van der Waals surface area contributed by atoms with E-state index >= 15 is 0 Å². The first-order valence-corrected chi connectivity index (χ1v) is 7.46. The molecule has 1 N–H and O–H groups in total. The lowest BCUT2D eigenvalue weighted by atomic mass is 10.2. The fourth-order valence-electron chi connectivity index (χ4n) is 2.14. The first-order valence-electron chi connectivity index (χ1n) is 7.46. The number of nitrogens with one attached hydrogen (secondary N) is 1. The van der Waals surface area contributed by atoms with Crippen molar-refractivity contribution in [3.63, 3.8) is 0 Å². The Bertz CT molecular complexity index is 654. The predicted molar refractivity (Wildman–Crippen MR) is 90.7 cm³/mol. The number of benzene rings is 2. The van der Waals surface area contributed by atoms with Crippen LogP contribution < -0.4 is 15.0 Å². The maximum Gasteiger partial charge on any atom is 0.244 e. The Morgan fingerprint density at radius 3 is 2.26 bits per heavy atom. The fraction of sp³-hybridized carbons (Fsp3) is 0.222. The van der Waals surface area contributed by atoms with Crippen LogP contribution in [-0.4, -0.2) is 25.0 Å². The van der Waals surface area contributed by atoms with E-state index in [9.17, 15) is 9.59 Å². The van der Waals surface area contributed by atoms with Gasteiger partial charge in [0.15, 0.2) is 0 Å². The van der Waals surface area contributed by atoms with Gasteiger partial charge in [-0.15, -0.1) is 0 Å². The summed E-state index contributed by atoms with van der Waals surface area (Å²) >= 11 is 0. The summed E-state index contributed by atoms with van der Waals surface area (Å²) in [5.41, 5.74) is 1.36. The van der Waals surface area contributed by atoms with Crippen molar-refractivity contribution in [3.8, 4) is 5.75 Å². The highest BCUT2D eigenvalue weighted by Gasteiger charge is 2.16. The Hall–Kier alpha value is -2.82. The highest BCUT2D eigenvalue weighted by atomic mass is 16.5. The van der Waals surface area contributed by atoms with Crippen LogP contribution in [0.1, 0.15) is 13.8 Å². The van der Waals surface area contributed by atoms with Gasteiger partial charge in [0.2, 0.25) is 11.8 Å². The van der Waals surface area contributed by atoms with E-state index in [1.165, 1.54) is 11.8 Å². The Labute approximate surface area is 135 Å². The zero-order chi connectivity index (χ0) is 16.7. The maximum absolute atomic E-state index is 12.1. The van der Waals surface area contributed by atoms with Crippen LogP contribution in [0.3, 0.4) is 0 Å². The van der Waals surface area contributed by atoms with Crippen molar-refractivity contribution >= 4 is 23.2 Å². The van der Waals surface area contributed by atoms with Gasteiger partial charge in [-0.1, -0.05) is 18.2 Å². The largest absolute Gasteiger partial charge is 0.494 e. The molecule has 0 aliphatic heterocycles. The minimum absolute atomic E-state index is 0.0434. The number of anilines is 2. The second kappa shape index (κ2) is 7.98. The third-order valence-corrected chi connectivity index (χ3v) is 3.20. The van der Waals surface area contributed by atoms with Crippen LogP contribution in [-0.2, 0) is 9.59 Å². The average Bonchev–Trinajstić information content (AvgIpc) is 2.54. The lowest BCUT2D eigenvalue weighted by Crippen LogP contribution is -2.36. The van der Waals surface area contributed by atoms with E-state index in [1.807, 2.05) is 25.1 Å². The number of hydrogen-bond donors (Lipinski definition) is 1. The van der Waals surface area contributed by atoms with Gasteiger partial charge in [-0.3, -0.25) is 9.59 Å². The van der Waals surface area contributed by atoms with Crippen molar-refractivity contribution in [2.24, 2.45) is 0 Å². The second-order valence-corrected chi connectivity index (χ2v) is 4.95. The maximum atomic E-state index is 12.1. The Morgan fingerprint density at radius 2 is 1.70 bits per heavy atom. The van der Waals surface area contributed by atoms with Crippen LogP contribution in [0.4, 0.5) is 11.4 Å². The van der Waals surface area contributed by atoms with E-state index in [1.54, 1.807) is 36.4 Å². The van der Waals surface area contributed by atoms with Crippen LogP contribution in [0.5, 0.6) is 5.75 Å². The lowest BCUT2D eigenvalue weighted by molar-refractivity contribution is -0.120. The van der Waals surface area contributed by atoms with Gasteiger partial charge in [0.1, 0.15) is 12.3 Å². The van der Waals surface area contributed by atoms with E-state index in [4.69, 9.17) is 4.74 Å². The minimum Gasteiger partial charge on any atom is -0.494 e. The van der Waals surface area contributed by atoms with Gasteiger partial charge in [-0.2, -0.15) is 0 Å². The number of ether oxygens (including phenoxy) is 1. The molecule has 2 rings (SSSR count). The molecule has 0 atom stereocenters. The third kappa shape index (κ3) is 4.85. The molecule has 0 fully saturated rings. The first-order chi connectivity index (χ1) is 11.1. The van der Waals surface area contributed by atoms with Crippen LogP contribution in [0.2, 0.25) is 0 Å². The first kappa shape index (κ1) is 16.5. The van der Waals surface area contributed by atoms with Gasteiger partial charge < -0.3 is 15.0 Å². The summed E-state index contributed by atoms with van der Waals surface area (Å²) in [5.74, 6) is 0.283. The standard InChI is InChI=1S/C18H20N2O3/c1-3-23-17-11-9-16(10-12-17)20(14(2)21)13-18(22)19-15-7-5-4-6-8-15/h4-12H,3,13H2,1-2H3,(H,19,22). The Kier molecular flexibility index (Phi) is 5.74. The van der Waals surface area contributed by atoms with Gasteiger partial charge in [0.25, 0.3) is 0 Å². The van der Waals surface area contributed by atoms with Crippen molar-refractivity contribution in [3.05, 3.63) is 54.6 Å². The molecule has 0 saturated carbocycles. The van der Waals surface area contributed by atoms with Crippen molar-refractivity contribution in [1.29, 1.82) is 0 Å². The van der Waals surface area contributed by atoms with Gasteiger partial charge in [0.05, 0.1) is 6.61 Å². The molecule has 5 nitrogen and oxygen atoms in total. The Morgan fingerprint density at radius 1 is 1.04 bits per heavy atom. The minimum atomic E-state index is -0.250. The summed E-state index contributed by atoms with van der Waals surface area (Å²) < 4.78 is 5.38. The van der Waals surface area contributed by atoms with Crippen LogP contribution >= 0.6 is 0 Å². The zero-order valence-electron chi connectivity index (χ0n) is 13.3. The molecule has 0 saturated heterocycles. The number of para-hydroxylation sites is 1. The number of carbonyl (C=O) groups excluding carboxylic acids is 2. The van der Waals surface area contributed by atoms with Gasteiger partial charge >= 0.3 is 0 Å². The molecule has 2 aromatic rings. The SMILES string of the molecule is CCOc1ccc(N(CC(=O)Nc2ccccc2)C(C)=O)cc1. The number of amides is 2. The van der Waals surface area contributed by atoms with E-state index in [-0.39, 0.29) is 18.4 Å². The van der Waals surface area contributed by atoms with Crippen molar-refractivity contribution in [1.82, 2.24) is 0 Å². The van der Waals surface area contributed by atoms with Gasteiger partial charge in [0, 0.05) is 18.3 Å². The number of hydrogen-bond acceptors (Lipinski definition) is 3. The van der Waals surface area contributed by atoms with E-state index in [2.05, 4.69) is 5.32 Å². The molecule has 0 heterocycles. The number of nitrogens with zero attached hydrogens (tertiary/aromatic N) is 1. The van der Waals surface area contributed by atoms with Crippen molar-refractivity contribution in [2.45, 2.75) is 13.8 Å². The van der Waals surface area contributed by atoms with Gasteiger partial charge in [-0.05, 0) is 43.3 Å². The van der Waals surface area contributed by atoms with E-state index in [0.717, 1.165) is 5.75 Å². The zero-order valence-corrected chi connectivity index (χ0v) is 13.3. The van der Waals surface area contributed by atoms with E-state index in [0.29, 0.717) is 18.0 Å². The van der Waals surface area contributed by atoms with E-state index < -0.39 is 0 Å². The molecule has 0 unspecified atom stereocenters. The molecule has 0 aliphatic rings. The molecule has 120 valence electrons. The lowest BCUT2D eigenvalue weighted by Gasteiger charge is -2.21. The topological polar surface area (TPSA) is 58.6 Å². The fourth-order valence-corrected chi connectivity index (χ4v) is 2.14. The normalized spacial score (nSPS) is 10.0. The monoisotopic (exact) mass is 312 g/mol. The molecule has 5 heteroatoms. The second-order valence-electron chi connectivity index (χ2n) is 4.95. The van der Waals surface area contributed by atoms with Crippen LogP contribution in [0.25, 0.3) is 0 Å². The molecule has 0 spiro atoms. The van der Waals surface area contributed by atoms with Crippen LogP contribution in [0.15, 0.2) is 54.6 Å². The number of carbonyl (C=O) groups is 2. The van der Waals surface area contributed by atoms with Crippen molar-refractivity contribution < 1.29 is 14.3 Å². The molecule has 0 bridgehead atoms. The van der Waals surface area contributed by atoms with Gasteiger partial charge in [-0.25, -0.2) is 0 Å². The summed E-state index contributed by atoms with van der Waals surface area (Å²) in [6.45, 7) is 3.88. The molecular formula is C18H20N2O3. The predicted octanol–water partition coefficient (Wildman–Crippen LogP) is 3.08. The van der Waals surface area contributed by atoms with Crippen LogP contribution in [0, 0.1) is 0 Å². The smallest absolute Gasteiger partial charge is 0.244 e. The quantitative estimate of drug-likeness (QED) is 0.892. The molecule has 2 aromatic carbocycles. The molecule has 0 aromatic heterocycles. The molecule has 23 heavy (non-hydrogen) atoms. The molecular weight excluding hydrogens is 292 g/mol. The molecule has 2 amide bonds. The summed E-state index contributed by atoms with van der Waals surface area (Å²) in [5, 5.41) is 2.77. The highest BCUT2D eigenvalue weighted by Crippen LogP contribution is 2.20. The summed E-state index contributed by atoms with van der Waals surface area (Å²) in [4.78, 5) is 25.4. The third-order valence-electron chi connectivity index (χ3n) is 3.20. The summed E-state index contributed by atoms with van der Waals surface area (Å²) in [6.07, 6.45) is 0. The summed E-state index contributed by atoms with van der Waals surface area (Å²) in [6, 6.07) is 16.2. The van der Waals surface area contributed by atoms with Crippen molar-refractivity contribution in [2.75, 3.05) is 23.4 Å². The Balaban J connectivity index is 2.06.